The molecule has 2 aliphatic rings. The van der Waals surface area contributed by atoms with E-state index in [2.05, 4.69) is 46.0 Å². The summed E-state index contributed by atoms with van der Waals surface area (Å²) in [5.74, 6) is -0.747. The lowest BCUT2D eigenvalue weighted by Gasteiger charge is -2.35. The number of nitrogens with zero attached hydrogens (tertiary/aromatic N) is 4. The second-order valence-corrected chi connectivity index (χ2v) is 11.7. The normalized spacial score (nSPS) is 18.7. The number of aliphatic hydroxyl groups excluding tert-OH is 1. The number of benzene rings is 3. The number of β-amino-alcohol motifs (C(OH)–C–C–N with tert-alkyl or cyclic N) is 1. The lowest BCUT2D eigenvalue weighted by molar-refractivity contribution is -0.131. The maximum absolute atomic E-state index is 14.3. The smallest absolute Gasteiger partial charge is 0.265 e. The summed E-state index contributed by atoms with van der Waals surface area (Å²) in [5, 5.41) is 12.5. The van der Waals surface area contributed by atoms with E-state index >= 15 is 0 Å². The summed E-state index contributed by atoms with van der Waals surface area (Å²) in [7, 11) is 0. The Morgan fingerprint density at radius 2 is 1.48 bits per heavy atom. The van der Waals surface area contributed by atoms with Crippen LogP contribution in [0.2, 0.25) is 0 Å². The summed E-state index contributed by atoms with van der Waals surface area (Å²) in [4.78, 5) is 23.1. The largest absolute Gasteiger partial charge is 0.390 e. The van der Waals surface area contributed by atoms with Crippen molar-refractivity contribution in [2.45, 2.75) is 44.4 Å². The van der Waals surface area contributed by atoms with Crippen LogP contribution in [0.5, 0.6) is 0 Å². The monoisotopic (exact) mass is 570 g/mol. The zero-order valence-electron chi connectivity index (χ0n) is 24.0. The molecule has 1 N–H and O–H groups in total. The molecule has 1 fully saturated rings. The number of carbonyl (C=O) groups excluding carboxylic acids is 1. The van der Waals surface area contributed by atoms with Crippen molar-refractivity contribution in [1.82, 2.24) is 14.4 Å². The van der Waals surface area contributed by atoms with Gasteiger partial charge in [0.05, 0.1) is 12.6 Å². The van der Waals surface area contributed by atoms with E-state index in [9.17, 15) is 18.7 Å². The van der Waals surface area contributed by atoms with Crippen molar-refractivity contribution >= 4 is 22.6 Å². The number of aliphatic hydroxyl groups is 1. The highest BCUT2D eigenvalue weighted by molar-refractivity contribution is 6.11. The van der Waals surface area contributed by atoms with Gasteiger partial charge >= 0.3 is 0 Å². The molecule has 3 heterocycles. The van der Waals surface area contributed by atoms with Crippen molar-refractivity contribution in [3.8, 4) is 0 Å². The van der Waals surface area contributed by atoms with E-state index in [1.54, 1.807) is 29.2 Å². The first-order chi connectivity index (χ1) is 20.3. The summed E-state index contributed by atoms with van der Waals surface area (Å²) in [6, 6.07) is 22.4. The first-order valence-electron chi connectivity index (χ1n) is 14.7. The zero-order chi connectivity index (χ0) is 29.4. The van der Waals surface area contributed by atoms with Crippen molar-refractivity contribution in [3.63, 3.8) is 0 Å². The number of halogens is 2. The molecule has 2 aliphatic heterocycles. The molecule has 6 rings (SSSR count). The summed E-state index contributed by atoms with van der Waals surface area (Å²) in [6.45, 7) is 6.13. The quantitative estimate of drug-likeness (QED) is 0.293. The fourth-order valence-electron chi connectivity index (χ4n) is 6.49. The molecule has 0 spiro atoms. The molecule has 1 saturated heterocycles. The standard InChI is InChI=1S/C34H36F2N4O2/c1-23(2)32-37-34(25-7-11-27(35)12-8-25,26-9-13-28(36)14-10-26)33(42)40(32)22-30(41)21-38-18-16-29(17-19-38)39-20-15-24-5-3-4-6-31(24)39/h3-15,20,23,29-30,41H,16-19,21-22H2,1-2H3. The van der Waals surface area contributed by atoms with E-state index in [4.69, 9.17) is 4.99 Å². The Kier molecular flexibility index (Phi) is 7.68. The number of aromatic nitrogens is 1. The fraction of sp³-hybridized carbons (Fsp3) is 0.353. The van der Waals surface area contributed by atoms with Gasteiger partial charge in [-0.25, -0.2) is 13.8 Å². The van der Waals surface area contributed by atoms with Gasteiger partial charge in [0.25, 0.3) is 5.91 Å². The van der Waals surface area contributed by atoms with Crippen LogP contribution in [0.25, 0.3) is 10.9 Å². The van der Waals surface area contributed by atoms with Gasteiger partial charge in [0, 0.05) is 43.3 Å². The Morgan fingerprint density at radius 1 is 0.881 bits per heavy atom. The molecule has 1 unspecified atom stereocenters. The Morgan fingerprint density at radius 3 is 2.07 bits per heavy atom. The molecule has 1 amide bonds. The van der Waals surface area contributed by atoms with Gasteiger partial charge in [-0.2, -0.15) is 0 Å². The second-order valence-electron chi connectivity index (χ2n) is 11.7. The number of amides is 1. The maximum Gasteiger partial charge on any atom is 0.265 e. The summed E-state index contributed by atoms with van der Waals surface area (Å²) in [6.07, 6.45) is 3.33. The molecular weight excluding hydrogens is 534 g/mol. The van der Waals surface area contributed by atoms with Gasteiger partial charge in [-0.05, 0) is 65.8 Å². The van der Waals surface area contributed by atoms with Gasteiger partial charge in [0.1, 0.15) is 17.5 Å². The zero-order valence-corrected chi connectivity index (χ0v) is 24.0. The number of fused-ring (bicyclic) bond motifs is 1. The number of rotatable bonds is 8. The van der Waals surface area contributed by atoms with Gasteiger partial charge in [-0.1, -0.05) is 56.3 Å². The van der Waals surface area contributed by atoms with Crippen LogP contribution in [-0.2, 0) is 10.3 Å². The van der Waals surface area contributed by atoms with Gasteiger partial charge in [-0.3, -0.25) is 9.69 Å². The number of hydrogen-bond acceptors (Lipinski definition) is 4. The number of likely N-dealkylation sites (tertiary alicyclic amines) is 1. The number of carbonyl (C=O) groups is 1. The average Bonchev–Trinajstić information content (AvgIpc) is 3.54. The van der Waals surface area contributed by atoms with Gasteiger partial charge in [0.2, 0.25) is 0 Å². The van der Waals surface area contributed by atoms with Crippen LogP contribution < -0.4 is 0 Å². The van der Waals surface area contributed by atoms with E-state index in [0.29, 0.717) is 29.5 Å². The third kappa shape index (κ3) is 5.14. The minimum Gasteiger partial charge on any atom is -0.390 e. The predicted octanol–water partition coefficient (Wildman–Crippen LogP) is 5.76. The third-order valence-electron chi connectivity index (χ3n) is 8.60. The van der Waals surface area contributed by atoms with Crippen molar-refractivity contribution in [2.24, 2.45) is 10.9 Å². The molecule has 218 valence electrons. The average molecular weight is 571 g/mol. The van der Waals surface area contributed by atoms with Crippen LogP contribution in [0.15, 0.2) is 90.1 Å². The van der Waals surface area contributed by atoms with Crippen molar-refractivity contribution < 1.29 is 18.7 Å². The minimum absolute atomic E-state index is 0.0855. The number of hydrogen-bond donors (Lipinski definition) is 1. The maximum atomic E-state index is 14.3. The predicted molar refractivity (Wildman–Crippen MR) is 160 cm³/mol. The van der Waals surface area contributed by atoms with E-state index in [1.165, 1.54) is 35.2 Å². The number of para-hydroxylation sites is 1. The summed E-state index contributed by atoms with van der Waals surface area (Å²) < 4.78 is 30.1. The van der Waals surface area contributed by atoms with Gasteiger partial charge in [0.15, 0.2) is 5.54 Å². The minimum atomic E-state index is -1.49. The van der Waals surface area contributed by atoms with Crippen LogP contribution in [0.4, 0.5) is 8.78 Å². The molecule has 1 aromatic heterocycles. The molecule has 6 nitrogen and oxygen atoms in total. The van der Waals surface area contributed by atoms with E-state index in [-0.39, 0.29) is 18.4 Å². The van der Waals surface area contributed by atoms with Crippen molar-refractivity contribution in [3.05, 3.63) is 108 Å². The first kappa shape index (κ1) is 28.2. The number of aliphatic imine (C=N–C) groups is 1. The highest BCUT2D eigenvalue weighted by Crippen LogP contribution is 2.41. The molecule has 0 aliphatic carbocycles. The summed E-state index contributed by atoms with van der Waals surface area (Å²) in [5.41, 5.74) is 0.749. The molecule has 4 aromatic rings. The highest BCUT2D eigenvalue weighted by Gasteiger charge is 2.51. The number of amidine groups is 1. The Bertz CT molecular complexity index is 1540. The van der Waals surface area contributed by atoms with Crippen LogP contribution in [0, 0.1) is 17.6 Å². The molecule has 8 heteroatoms. The number of piperidine rings is 1. The van der Waals surface area contributed by atoms with E-state index in [1.807, 2.05) is 13.8 Å². The van der Waals surface area contributed by atoms with Crippen LogP contribution >= 0.6 is 0 Å². The van der Waals surface area contributed by atoms with Crippen LogP contribution in [0.1, 0.15) is 43.9 Å². The Labute approximate surface area is 244 Å². The molecule has 0 bridgehead atoms. The summed E-state index contributed by atoms with van der Waals surface area (Å²) >= 11 is 0. The van der Waals surface area contributed by atoms with Crippen LogP contribution in [0.3, 0.4) is 0 Å². The third-order valence-corrected chi connectivity index (χ3v) is 8.60. The Hall–Kier alpha value is -3.88. The molecule has 0 radical (unpaired) electrons. The molecule has 0 saturated carbocycles. The lowest BCUT2D eigenvalue weighted by atomic mass is 9.82. The van der Waals surface area contributed by atoms with Crippen molar-refractivity contribution in [2.75, 3.05) is 26.2 Å². The molecular formula is C34H36F2N4O2. The topological polar surface area (TPSA) is 61.1 Å². The molecule has 3 aromatic carbocycles. The second kappa shape index (κ2) is 11.4. The SMILES string of the molecule is CC(C)C1=NC(c2ccc(F)cc2)(c2ccc(F)cc2)C(=O)N1CC(O)CN1CCC(n2ccc3ccccc32)CC1. The van der Waals surface area contributed by atoms with Gasteiger partial charge < -0.3 is 14.6 Å². The lowest BCUT2D eigenvalue weighted by Crippen LogP contribution is -2.48. The van der Waals surface area contributed by atoms with Crippen LogP contribution in [-0.4, -0.2) is 63.5 Å². The van der Waals surface area contributed by atoms with E-state index in [0.717, 1.165) is 25.9 Å². The molecule has 1 atom stereocenters. The molecule has 42 heavy (non-hydrogen) atoms. The van der Waals surface area contributed by atoms with E-state index < -0.39 is 23.3 Å². The Balaban J connectivity index is 1.19. The van der Waals surface area contributed by atoms with Gasteiger partial charge in [-0.15, -0.1) is 0 Å². The fourth-order valence-corrected chi connectivity index (χ4v) is 6.49. The first-order valence-corrected chi connectivity index (χ1v) is 14.7. The van der Waals surface area contributed by atoms with Crippen molar-refractivity contribution in [1.29, 1.82) is 0 Å². The highest BCUT2D eigenvalue weighted by atomic mass is 19.1.